The molecule has 2 unspecified atom stereocenters. The van der Waals surface area contributed by atoms with Crippen molar-refractivity contribution in [1.82, 2.24) is 15.1 Å². The van der Waals surface area contributed by atoms with Crippen LogP contribution in [0, 0.1) is 5.92 Å². The van der Waals surface area contributed by atoms with Gasteiger partial charge in [0.2, 0.25) is 0 Å². The van der Waals surface area contributed by atoms with E-state index in [0.29, 0.717) is 18.5 Å². The molecule has 1 heterocycles. The summed E-state index contributed by atoms with van der Waals surface area (Å²) in [4.78, 5) is 16.4. The Morgan fingerprint density at radius 1 is 1.42 bits per heavy atom. The van der Waals surface area contributed by atoms with Gasteiger partial charge >= 0.3 is 5.97 Å². The maximum absolute atomic E-state index is 11.7. The van der Waals surface area contributed by atoms with Gasteiger partial charge in [-0.25, -0.2) is 0 Å². The van der Waals surface area contributed by atoms with E-state index in [1.165, 1.54) is 0 Å². The van der Waals surface area contributed by atoms with Gasteiger partial charge in [-0.05, 0) is 39.3 Å². The van der Waals surface area contributed by atoms with Crippen molar-refractivity contribution in [3.8, 4) is 0 Å². The molecule has 0 aromatic carbocycles. The molecule has 0 spiro atoms. The van der Waals surface area contributed by atoms with Crippen molar-refractivity contribution < 1.29 is 9.90 Å². The molecule has 0 amide bonds. The second-order valence-corrected chi connectivity index (χ2v) is 6.08. The SMILES string of the molecule is CCC1CN(CC(NC)(C(=O)O)C2CC2)CCN1C. The highest BCUT2D eigenvalue weighted by molar-refractivity contribution is 5.80. The molecule has 2 atom stereocenters. The molecular formula is C14H27N3O2. The van der Waals surface area contributed by atoms with Crippen LogP contribution in [0.25, 0.3) is 0 Å². The second-order valence-electron chi connectivity index (χ2n) is 6.08. The zero-order valence-electron chi connectivity index (χ0n) is 12.4. The van der Waals surface area contributed by atoms with Crippen LogP contribution in [-0.4, -0.2) is 72.7 Å². The van der Waals surface area contributed by atoms with E-state index >= 15 is 0 Å². The first kappa shape index (κ1) is 14.8. The van der Waals surface area contributed by atoms with Crippen LogP contribution in [0.3, 0.4) is 0 Å². The Bertz CT molecular complexity index is 333. The Kier molecular flexibility index (Phi) is 4.48. The fourth-order valence-corrected chi connectivity index (χ4v) is 3.29. The summed E-state index contributed by atoms with van der Waals surface area (Å²) < 4.78 is 0. The highest BCUT2D eigenvalue weighted by Gasteiger charge is 2.51. The average Bonchev–Trinajstić information content (AvgIpc) is 3.22. The molecule has 2 rings (SSSR count). The van der Waals surface area contributed by atoms with Gasteiger partial charge in [-0.2, -0.15) is 0 Å². The summed E-state index contributed by atoms with van der Waals surface area (Å²) in [6.07, 6.45) is 3.20. The van der Waals surface area contributed by atoms with E-state index in [-0.39, 0.29) is 0 Å². The van der Waals surface area contributed by atoms with Crippen LogP contribution < -0.4 is 5.32 Å². The monoisotopic (exact) mass is 269 g/mol. The van der Waals surface area contributed by atoms with Crippen molar-refractivity contribution in [3.63, 3.8) is 0 Å². The third kappa shape index (κ3) is 2.93. The predicted molar refractivity (Wildman–Crippen MR) is 75.3 cm³/mol. The largest absolute Gasteiger partial charge is 0.480 e. The standard InChI is InChI=1S/C14H27N3O2/c1-4-12-9-17(8-7-16(12)3)10-14(15-2,13(18)19)11-5-6-11/h11-12,15H,4-10H2,1-3H3,(H,18,19). The molecule has 19 heavy (non-hydrogen) atoms. The van der Waals surface area contributed by atoms with E-state index in [4.69, 9.17) is 0 Å². The highest BCUT2D eigenvalue weighted by Crippen LogP contribution is 2.40. The first-order valence-electron chi connectivity index (χ1n) is 7.38. The molecule has 0 aromatic rings. The van der Waals surface area contributed by atoms with Crippen molar-refractivity contribution in [2.45, 2.75) is 37.8 Å². The topological polar surface area (TPSA) is 55.8 Å². The number of hydrogen-bond donors (Lipinski definition) is 2. The summed E-state index contributed by atoms with van der Waals surface area (Å²) in [7, 11) is 3.95. The van der Waals surface area contributed by atoms with E-state index in [0.717, 1.165) is 38.9 Å². The summed E-state index contributed by atoms with van der Waals surface area (Å²) in [6.45, 7) is 5.82. The minimum absolute atomic E-state index is 0.301. The first-order chi connectivity index (χ1) is 9.03. The molecule has 110 valence electrons. The average molecular weight is 269 g/mol. The van der Waals surface area contributed by atoms with Crippen molar-refractivity contribution in [2.24, 2.45) is 5.92 Å². The lowest BCUT2D eigenvalue weighted by atomic mass is 9.92. The summed E-state index contributed by atoms with van der Waals surface area (Å²) >= 11 is 0. The Labute approximate surface area is 115 Å². The van der Waals surface area contributed by atoms with E-state index < -0.39 is 11.5 Å². The molecular weight excluding hydrogens is 242 g/mol. The lowest BCUT2D eigenvalue weighted by molar-refractivity contribution is -0.147. The maximum Gasteiger partial charge on any atom is 0.325 e. The number of carbonyl (C=O) groups is 1. The number of nitrogens with one attached hydrogen (secondary N) is 1. The van der Waals surface area contributed by atoms with Gasteiger partial charge in [-0.1, -0.05) is 6.92 Å². The van der Waals surface area contributed by atoms with Gasteiger partial charge in [-0.15, -0.1) is 0 Å². The van der Waals surface area contributed by atoms with Crippen LogP contribution in [0.2, 0.25) is 0 Å². The van der Waals surface area contributed by atoms with Gasteiger partial charge in [0.15, 0.2) is 0 Å². The number of carboxylic acids is 1. The van der Waals surface area contributed by atoms with Crippen LogP contribution >= 0.6 is 0 Å². The molecule has 5 heteroatoms. The third-order valence-corrected chi connectivity index (χ3v) is 4.91. The predicted octanol–water partition coefficient (Wildman–Crippen LogP) is 0.465. The molecule has 1 aliphatic carbocycles. The van der Waals surface area contributed by atoms with E-state index in [9.17, 15) is 9.90 Å². The van der Waals surface area contributed by atoms with E-state index in [2.05, 4.69) is 29.1 Å². The molecule has 2 N–H and O–H groups in total. The number of nitrogens with zero attached hydrogens (tertiary/aromatic N) is 2. The van der Waals surface area contributed by atoms with Crippen molar-refractivity contribution in [3.05, 3.63) is 0 Å². The molecule has 1 saturated carbocycles. The van der Waals surface area contributed by atoms with Crippen LogP contribution in [0.15, 0.2) is 0 Å². The Hall–Kier alpha value is -0.650. The van der Waals surface area contributed by atoms with Gasteiger partial charge < -0.3 is 15.3 Å². The van der Waals surface area contributed by atoms with E-state index in [1.807, 2.05) is 0 Å². The van der Waals surface area contributed by atoms with Crippen LogP contribution in [0.5, 0.6) is 0 Å². The number of carboxylic acid groups (broad SMARTS) is 1. The molecule has 2 fully saturated rings. The van der Waals surface area contributed by atoms with Crippen LogP contribution in [-0.2, 0) is 4.79 Å². The van der Waals surface area contributed by atoms with Gasteiger partial charge in [0.25, 0.3) is 0 Å². The molecule has 0 bridgehead atoms. The number of hydrogen-bond acceptors (Lipinski definition) is 4. The maximum atomic E-state index is 11.7. The third-order valence-electron chi connectivity index (χ3n) is 4.91. The van der Waals surface area contributed by atoms with Crippen LogP contribution in [0.4, 0.5) is 0 Å². The van der Waals surface area contributed by atoms with Gasteiger partial charge in [-0.3, -0.25) is 9.69 Å². The Morgan fingerprint density at radius 3 is 2.58 bits per heavy atom. The normalized spacial score (nSPS) is 29.1. The van der Waals surface area contributed by atoms with Gasteiger partial charge in [0.1, 0.15) is 5.54 Å². The quantitative estimate of drug-likeness (QED) is 0.734. The fourth-order valence-electron chi connectivity index (χ4n) is 3.29. The lowest BCUT2D eigenvalue weighted by Crippen LogP contribution is -2.63. The van der Waals surface area contributed by atoms with Gasteiger partial charge in [0, 0.05) is 32.2 Å². The summed E-state index contributed by atoms with van der Waals surface area (Å²) in [6, 6.07) is 0.552. The molecule has 0 aromatic heterocycles. The molecule has 5 nitrogen and oxygen atoms in total. The number of rotatable bonds is 6. The zero-order valence-corrected chi connectivity index (χ0v) is 12.4. The summed E-state index contributed by atoms with van der Waals surface area (Å²) in [5.74, 6) is -0.390. The molecule has 2 aliphatic rings. The second kappa shape index (κ2) is 5.77. The zero-order chi connectivity index (χ0) is 14.0. The number of likely N-dealkylation sites (N-methyl/N-ethyl adjacent to an activating group) is 2. The van der Waals surface area contributed by atoms with Gasteiger partial charge in [0.05, 0.1) is 0 Å². The minimum atomic E-state index is -0.742. The Morgan fingerprint density at radius 2 is 2.11 bits per heavy atom. The molecule has 1 aliphatic heterocycles. The fraction of sp³-hybridized carbons (Fsp3) is 0.929. The van der Waals surface area contributed by atoms with Crippen molar-refractivity contribution in [2.75, 3.05) is 40.3 Å². The first-order valence-corrected chi connectivity index (χ1v) is 7.38. The van der Waals surface area contributed by atoms with Crippen molar-refractivity contribution >= 4 is 5.97 Å². The van der Waals surface area contributed by atoms with Crippen molar-refractivity contribution in [1.29, 1.82) is 0 Å². The Balaban J connectivity index is 2.03. The minimum Gasteiger partial charge on any atom is -0.480 e. The smallest absolute Gasteiger partial charge is 0.325 e. The van der Waals surface area contributed by atoms with Crippen LogP contribution in [0.1, 0.15) is 26.2 Å². The lowest BCUT2D eigenvalue weighted by Gasteiger charge is -2.43. The molecule has 0 radical (unpaired) electrons. The summed E-state index contributed by atoms with van der Waals surface area (Å²) in [5, 5.41) is 12.8. The van der Waals surface area contributed by atoms with E-state index in [1.54, 1.807) is 7.05 Å². The number of piperazine rings is 1. The highest BCUT2D eigenvalue weighted by atomic mass is 16.4. The number of aliphatic carboxylic acids is 1. The molecule has 1 saturated heterocycles. The summed E-state index contributed by atoms with van der Waals surface area (Å²) in [5.41, 5.74) is -0.742.